The van der Waals surface area contributed by atoms with E-state index in [9.17, 15) is 8.42 Å². The lowest BCUT2D eigenvalue weighted by Gasteiger charge is -2.39. The van der Waals surface area contributed by atoms with Crippen LogP contribution in [0.25, 0.3) is 0 Å². The van der Waals surface area contributed by atoms with E-state index in [4.69, 9.17) is 9.47 Å². The van der Waals surface area contributed by atoms with Crippen molar-refractivity contribution < 1.29 is 17.9 Å². The van der Waals surface area contributed by atoms with Crippen LogP contribution in [0.15, 0.2) is 53.4 Å². The lowest BCUT2D eigenvalue weighted by Crippen LogP contribution is -2.49. The number of hydrogen-bond acceptors (Lipinski definition) is 6. The van der Waals surface area contributed by atoms with Crippen LogP contribution < -0.4 is 14.2 Å². The number of rotatable bonds is 7. The zero-order valence-electron chi connectivity index (χ0n) is 16.6. The minimum Gasteiger partial charge on any atom is -0.454 e. The Kier molecular flexibility index (Phi) is 6.05. The summed E-state index contributed by atoms with van der Waals surface area (Å²) in [4.78, 5) is 4.96. The second-order valence-corrected chi connectivity index (χ2v) is 9.03. The van der Waals surface area contributed by atoms with Gasteiger partial charge in [-0.2, -0.15) is 0 Å². The molecule has 1 N–H and O–H groups in total. The van der Waals surface area contributed by atoms with Crippen LogP contribution in [0.1, 0.15) is 18.5 Å². The molecule has 2 aromatic carbocycles. The summed E-state index contributed by atoms with van der Waals surface area (Å²) in [5.74, 6) is 1.03. The first-order valence-electron chi connectivity index (χ1n) is 9.97. The predicted molar refractivity (Wildman–Crippen MR) is 111 cm³/mol. The van der Waals surface area contributed by atoms with Crippen molar-refractivity contribution >= 4 is 10.0 Å². The normalized spacial score (nSPS) is 18.7. The summed E-state index contributed by atoms with van der Waals surface area (Å²) in [7, 11) is -3.66. The monoisotopic (exact) mass is 417 g/mol. The average molecular weight is 418 g/mol. The van der Waals surface area contributed by atoms with Crippen LogP contribution in [-0.4, -0.2) is 64.3 Å². The number of piperazine rings is 1. The molecule has 0 aromatic heterocycles. The Bertz CT molecular complexity index is 928. The maximum absolute atomic E-state index is 12.9. The summed E-state index contributed by atoms with van der Waals surface area (Å²) < 4.78 is 39.2. The lowest BCUT2D eigenvalue weighted by atomic mass is 10.0. The van der Waals surface area contributed by atoms with Crippen molar-refractivity contribution in [2.45, 2.75) is 17.9 Å². The molecule has 0 bridgehead atoms. The lowest BCUT2D eigenvalue weighted by molar-refractivity contribution is 0.100. The number of ether oxygens (including phenoxy) is 2. The molecule has 0 saturated carbocycles. The molecule has 0 unspecified atom stereocenters. The average Bonchev–Trinajstić information content (AvgIpc) is 3.23. The number of fused-ring (bicyclic) bond motifs is 1. The number of nitrogens with zero attached hydrogens (tertiary/aromatic N) is 2. The molecule has 4 rings (SSSR count). The fourth-order valence-electron chi connectivity index (χ4n) is 3.84. The molecular formula is C21H27N3O4S. The summed E-state index contributed by atoms with van der Waals surface area (Å²) in [6, 6.07) is 14.8. The van der Waals surface area contributed by atoms with Crippen molar-refractivity contribution in [3.63, 3.8) is 0 Å². The number of hydrogen-bond donors (Lipinski definition) is 1. The number of likely N-dealkylation sites (N-methyl/N-ethyl adjacent to an activating group) is 1. The Morgan fingerprint density at radius 2 is 1.72 bits per heavy atom. The third-order valence-electron chi connectivity index (χ3n) is 5.60. The van der Waals surface area contributed by atoms with Gasteiger partial charge in [-0.3, -0.25) is 4.90 Å². The van der Waals surface area contributed by atoms with Crippen LogP contribution in [0.4, 0.5) is 0 Å². The zero-order valence-corrected chi connectivity index (χ0v) is 17.4. The Morgan fingerprint density at radius 1 is 1.00 bits per heavy atom. The van der Waals surface area contributed by atoms with E-state index in [1.807, 2.05) is 18.2 Å². The molecule has 2 heterocycles. The van der Waals surface area contributed by atoms with Gasteiger partial charge in [0.1, 0.15) is 0 Å². The van der Waals surface area contributed by atoms with Gasteiger partial charge in [0.05, 0.1) is 4.90 Å². The molecule has 0 spiro atoms. The fourth-order valence-corrected chi connectivity index (χ4v) is 4.89. The fraction of sp³-hybridized carbons (Fsp3) is 0.429. The summed E-state index contributed by atoms with van der Waals surface area (Å²) in [6.45, 7) is 7.46. The Morgan fingerprint density at radius 3 is 2.45 bits per heavy atom. The largest absolute Gasteiger partial charge is 0.454 e. The number of sulfonamides is 1. The molecular weight excluding hydrogens is 390 g/mol. The van der Waals surface area contributed by atoms with Gasteiger partial charge < -0.3 is 14.4 Å². The third kappa shape index (κ3) is 4.56. The van der Waals surface area contributed by atoms with E-state index in [1.54, 1.807) is 12.1 Å². The maximum Gasteiger partial charge on any atom is 0.240 e. The third-order valence-corrected chi connectivity index (χ3v) is 7.02. The highest BCUT2D eigenvalue weighted by Gasteiger charge is 2.27. The standard InChI is InChI=1S/C21H27N3O4S/c1-2-23-10-12-24(13-11-23)19(17-6-4-3-5-7-17)15-22-29(25,26)18-8-9-20-21(14-18)28-16-27-20/h3-9,14,19,22H,2,10-13,15-16H2,1H3/t19-/m1/s1. The van der Waals surface area contributed by atoms with Crippen molar-refractivity contribution in [2.24, 2.45) is 0 Å². The van der Waals surface area contributed by atoms with E-state index in [0.717, 1.165) is 38.3 Å². The highest BCUT2D eigenvalue weighted by Crippen LogP contribution is 2.34. The summed E-state index contributed by atoms with van der Waals surface area (Å²) >= 11 is 0. The van der Waals surface area contributed by atoms with E-state index in [0.29, 0.717) is 18.0 Å². The van der Waals surface area contributed by atoms with Gasteiger partial charge in [0.15, 0.2) is 11.5 Å². The molecule has 1 saturated heterocycles. The van der Waals surface area contributed by atoms with E-state index in [-0.39, 0.29) is 17.7 Å². The molecule has 0 amide bonds. The van der Waals surface area contributed by atoms with Gasteiger partial charge in [0, 0.05) is 44.8 Å². The van der Waals surface area contributed by atoms with Crippen LogP contribution in [0.5, 0.6) is 11.5 Å². The molecule has 1 fully saturated rings. The van der Waals surface area contributed by atoms with Gasteiger partial charge >= 0.3 is 0 Å². The van der Waals surface area contributed by atoms with E-state index in [1.165, 1.54) is 6.07 Å². The van der Waals surface area contributed by atoms with Crippen LogP contribution in [0.2, 0.25) is 0 Å². The number of nitrogens with one attached hydrogen (secondary N) is 1. The first kappa shape index (κ1) is 20.2. The quantitative estimate of drug-likeness (QED) is 0.744. The molecule has 1 atom stereocenters. The van der Waals surface area contributed by atoms with Crippen LogP contribution >= 0.6 is 0 Å². The van der Waals surface area contributed by atoms with Gasteiger partial charge in [-0.15, -0.1) is 0 Å². The molecule has 7 nitrogen and oxygen atoms in total. The van der Waals surface area contributed by atoms with Crippen LogP contribution in [0, 0.1) is 0 Å². The summed E-state index contributed by atoms with van der Waals surface area (Å²) in [5.41, 5.74) is 1.12. The van der Waals surface area contributed by atoms with Crippen LogP contribution in [0.3, 0.4) is 0 Å². The van der Waals surface area contributed by atoms with Gasteiger partial charge in [-0.1, -0.05) is 37.3 Å². The summed E-state index contributed by atoms with van der Waals surface area (Å²) in [6.07, 6.45) is 0. The van der Waals surface area contributed by atoms with Crippen molar-refractivity contribution in [1.29, 1.82) is 0 Å². The minimum absolute atomic E-state index is 0.0148. The second-order valence-electron chi connectivity index (χ2n) is 7.26. The molecule has 2 aromatic rings. The highest BCUT2D eigenvalue weighted by atomic mass is 32.2. The van der Waals surface area contributed by atoms with Gasteiger partial charge in [0.2, 0.25) is 16.8 Å². The Hall–Kier alpha value is -2.13. The predicted octanol–water partition coefficient (Wildman–Crippen LogP) is 2.07. The zero-order chi connectivity index (χ0) is 20.3. The smallest absolute Gasteiger partial charge is 0.240 e. The minimum atomic E-state index is -3.66. The Balaban J connectivity index is 1.50. The van der Waals surface area contributed by atoms with Crippen molar-refractivity contribution in [1.82, 2.24) is 14.5 Å². The molecule has 2 aliphatic rings. The SMILES string of the molecule is CCN1CCN([C@H](CNS(=O)(=O)c2ccc3c(c2)OCO3)c2ccccc2)CC1. The maximum atomic E-state index is 12.9. The molecule has 0 radical (unpaired) electrons. The van der Waals surface area contributed by atoms with E-state index in [2.05, 4.69) is 33.6 Å². The molecule has 2 aliphatic heterocycles. The Labute approximate surface area is 172 Å². The van der Waals surface area contributed by atoms with Crippen molar-refractivity contribution in [3.05, 3.63) is 54.1 Å². The van der Waals surface area contributed by atoms with Crippen molar-refractivity contribution in [3.8, 4) is 11.5 Å². The van der Waals surface area contributed by atoms with Crippen LogP contribution in [-0.2, 0) is 10.0 Å². The van der Waals surface area contributed by atoms with Gasteiger partial charge in [0.25, 0.3) is 0 Å². The van der Waals surface area contributed by atoms with E-state index < -0.39 is 10.0 Å². The number of benzene rings is 2. The molecule has 156 valence electrons. The molecule has 8 heteroatoms. The van der Waals surface area contributed by atoms with Crippen molar-refractivity contribution in [2.75, 3.05) is 46.1 Å². The van der Waals surface area contributed by atoms with E-state index >= 15 is 0 Å². The van der Waals surface area contributed by atoms with Gasteiger partial charge in [-0.05, 0) is 24.2 Å². The highest BCUT2D eigenvalue weighted by molar-refractivity contribution is 7.89. The molecule has 0 aliphatic carbocycles. The topological polar surface area (TPSA) is 71.1 Å². The van der Waals surface area contributed by atoms with Gasteiger partial charge in [-0.25, -0.2) is 13.1 Å². The second kappa shape index (κ2) is 8.71. The molecule has 29 heavy (non-hydrogen) atoms. The first-order valence-corrected chi connectivity index (χ1v) is 11.5. The summed E-state index contributed by atoms with van der Waals surface area (Å²) in [5, 5.41) is 0. The first-order chi connectivity index (χ1) is 14.1.